The maximum absolute atomic E-state index is 5.69. The third kappa shape index (κ3) is 1.80. The second kappa shape index (κ2) is 3.93. The first kappa shape index (κ1) is 9.57. The fourth-order valence-corrected chi connectivity index (χ4v) is 1.82. The van der Waals surface area contributed by atoms with Crippen LogP contribution in [0.2, 0.25) is 0 Å². The molecule has 1 aliphatic rings. The van der Waals surface area contributed by atoms with E-state index in [-0.39, 0.29) is 5.60 Å². The Bertz CT molecular complexity index is 177. The van der Waals surface area contributed by atoms with Crippen LogP contribution in [0.25, 0.3) is 0 Å². The second-order valence-corrected chi connectivity index (χ2v) is 3.51. The van der Waals surface area contributed by atoms with Gasteiger partial charge in [-0.25, -0.2) is 0 Å². The summed E-state index contributed by atoms with van der Waals surface area (Å²) in [4.78, 5) is 0. The van der Waals surface area contributed by atoms with Gasteiger partial charge in [0.05, 0.1) is 5.60 Å². The third-order valence-electron chi connectivity index (χ3n) is 2.66. The molecule has 68 valence electrons. The van der Waals surface area contributed by atoms with Crippen LogP contribution in [0.4, 0.5) is 0 Å². The lowest BCUT2D eigenvalue weighted by Gasteiger charge is -2.31. The molecule has 0 radical (unpaired) electrons. The number of hydrogen-bond acceptors (Lipinski definition) is 2. The Kier molecular flexibility index (Phi) is 3.13. The van der Waals surface area contributed by atoms with Crippen molar-refractivity contribution in [1.82, 2.24) is 5.32 Å². The summed E-state index contributed by atoms with van der Waals surface area (Å²) in [5.74, 6) is 2.68. The zero-order chi connectivity index (χ0) is 9.03. The van der Waals surface area contributed by atoms with Crippen molar-refractivity contribution in [2.45, 2.75) is 37.8 Å². The summed E-state index contributed by atoms with van der Waals surface area (Å²) >= 11 is 0. The monoisotopic (exact) mass is 167 g/mol. The molecule has 2 atom stereocenters. The molecular weight excluding hydrogens is 150 g/mol. The fraction of sp³-hybridized carbons (Fsp3) is 0.800. The molecule has 0 amide bonds. The first-order valence-electron chi connectivity index (χ1n) is 4.47. The van der Waals surface area contributed by atoms with Crippen molar-refractivity contribution in [2.75, 3.05) is 13.7 Å². The Labute approximate surface area is 74.7 Å². The van der Waals surface area contributed by atoms with Gasteiger partial charge in [0, 0.05) is 19.1 Å². The minimum Gasteiger partial charge on any atom is -0.374 e. The van der Waals surface area contributed by atoms with Crippen LogP contribution in [0.1, 0.15) is 26.2 Å². The predicted molar refractivity (Wildman–Crippen MR) is 49.9 cm³/mol. The van der Waals surface area contributed by atoms with Gasteiger partial charge in [-0.15, -0.1) is 12.3 Å². The Morgan fingerprint density at radius 1 is 1.75 bits per heavy atom. The molecule has 12 heavy (non-hydrogen) atoms. The molecule has 0 aromatic carbocycles. The standard InChI is InChI=1S/C10H17NO/c1-4-6-9(11-3)10(2)7-5-8-12-10/h1,9,11H,5-8H2,2-3H3. The Hall–Kier alpha value is -0.520. The van der Waals surface area contributed by atoms with Gasteiger partial charge in [-0.05, 0) is 26.8 Å². The second-order valence-electron chi connectivity index (χ2n) is 3.51. The van der Waals surface area contributed by atoms with E-state index in [1.165, 1.54) is 0 Å². The smallest absolute Gasteiger partial charge is 0.0816 e. The average Bonchev–Trinajstić information content (AvgIpc) is 2.49. The molecule has 1 N–H and O–H groups in total. The van der Waals surface area contributed by atoms with Crippen LogP contribution in [-0.4, -0.2) is 25.3 Å². The first-order valence-corrected chi connectivity index (χ1v) is 4.47. The molecule has 0 spiro atoms. The molecule has 0 saturated carbocycles. The fourth-order valence-electron chi connectivity index (χ4n) is 1.82. The number of ether oxygens (including phenoxy) is 1. The molecular formula is C10H17NO. The van der Waals surface area contributed by atoms with E-state index in [2.05, 4.69) is 18.2 Å². The maximum atomic E-state index is 5.69. The van der Waals surface area contributed by atoms with E-state index in [0.717, 1.165) is 25.9 Å². The number of terminal acetylenes is 1. The summed E-state index contributed by atoms with van der Waals surface area (Å²) in [5, 5.41) is 3.22. The van der Waals surface area contributed by atoms with Crippen molar-refractivity contribution in [3.8, 4) is 12.3 Å². The lowest BCUT2D eigenvalue weighted by molar-refractivity contribution is -0.00816. The molecule has 0 aliphatic carbocycles. The summed E-state index contributed by atoms with van der Waals surface area (Å²) in [6, 6.07) is 0.296. The molecule has 1 rings (SSSR count). The summed E-state index contributed by atoms with van der Waals surface area (Å²) < 4.78 is 5.69. The maximum Gasteiger partial charge on any atom is 0.0816 e. The Morgan fingerprint density at radius 2 is 2.50 bits per heavy atom. The highest BCUT2D eigenvalue weighted by atomic mass is 16.5. The van der Waals surface area contributed by atoms with Crippen molar-refractivity contribution < 1.29 is 4.74 Å². The van der Waals surface area contributed by atoms with Gasteiger partial charge in [0.1, 0.15) is 0 Å². The molecule has 2 unspecified atom stereocenters. The van der Waals surface area contributed by atoms with Crippen LogP contribution in [-0.2, 0) is 4.74 Å². The largest absolute Gasteiger partial charge is 0.374 e. The number of rotatable bonds is 3. The zero-order valence-electron chi connectivity index (χ0n) is 7.89. The summed E-state index contributed by atoms with van der Waals surface area (Å²) in [5.41, 5.74) is -0.0406. The average molecular weight is 167 g/mol. The van der Waals surface area contributed by atoms with Crippen molar-refractivity contribution in [2.24, 2.45) is 0 Å². The summed E-state index contributed by atoms with van der Waals surface area (Å²) in [6.45, 7) is 3.01. The van der Waals surface area contributed by atoms with E-state index in [0.29, 0.717) is 6.04 Å². The van der Waals surface area contributed by atoms with E-state index in [1.807, 2.05) is 7.05 Å². The van der Waals surface area contributed by atoms with Gasteiger partial charge in [0.2, 0.25) is 0 Å². The number of hydrogen-bond donors (Lipinski definition) is 1. The molecule has 0 aromatic heterocycles. The SMILES string of the molecule is C#CCC(NC)C1(C)CCCO1. The molecule has 0 bridgehead atoms. The van der Waals surface area contributed by atoms with Crippen LogP contribution in [0, 0.1) is 12.3 Å². The number of nitrogens with one attached hydrogen (secondary N) is 1. The zero-order valence-corrected chi connectivity index (χ0v) is 7.89. The van der Waals surface area contributed by atoms with Crippen molar-refractivity contribution in [3.63, 3.8) is 0 Å². The van der Waals surface area contributed by atoms with Crippen LogP contribution in [0.5, 0.6) is 0 Å². The molecule has 1 saturated heterocycles. The number of likely N-dealkylation sites (N-methyl/N-ethyl adjacent to an activating group) is 1. The molecule has 2 nitrogen and oxygen atoms in total. The quantitative estimate of drug-likeness (QED) is 0.637. The van der Waals surface area contributed by atoms with E-state index in [9.17, 15) is 0 Å². The molecule has 1 fully saturated rings. The van der Waals surface area contributed by atoms with Crippen LogP contribution in [0.3, 0.4) is 0 Å². The highest BCUT2D eigenvalue weighted by Gasteiger charge is 2.36. The van der Waals surface area contributed by atoms with Crippen LogP contribution >= 0.6 is 0 Å². The molecule has 2 heteroatoms. The van der Waals surface area contributed by atoms with Gasteiger partial charge >= 0.3 is 0 Å². The van der Waals surface area contributed by atoms with Crippen LogP contribution in [0.15, 0.2) is 0 Å². The van der Waals surface area contributed by atoms with Gasteiger partial charge in [-0.2, -0.15) is 0 Å². The van der Waals surface area contributed by atoms with Crippen molar-refractivity contribution in [3.05, 3.63) is 0 Å². The van der Waals surface area contributed by atoms with Crippen molar-refractivity contribution in [1.29, 1.82) is 0 Å². The van der Waals surface area contributed by atoms with E-state index in [1.54, 1.807) is 0 Å². The lowest BCUT2D eigenvalue weighted by atomic mass is 9.91. The van der Waals surface area contributed by atoms with Gasteiger partial charge in [-0.1, -0.05) is 0 Å². The Morgan fingerprint density at radius 3 is 2.92 bits per heavy atom. The predicted octanol–water partition coefficient (Wildman–Crippen LogP) is 1.17. The van der Waals surface area contributed by atoms with Gasteiger partial charge in [-0.3, -0.25) is 0 Å². The normalized spacial score (nSPS) is 31.4. The first-order chi connectivity index (χ1) is 5.73. The molecule has 0 aromatic rings. The lowest BCUT2D eigenvalue weighted by Crippen LogP contribution is -2.46. The van der Waals surface area contributed by atoms with E-state index < -0.39 is 0 Å². The topological polar surface area (TPSA) is 21.3 Å². The van der Waals surface area contributed by atoms with Gasteiger partial charge in [0.25, 0.3) is 0 Å². The van der Waals surface area contributed by atoms with Crippen molar-refractivity contribution >= 4 is 0 Å². The molecule has 1 heterocycles. The summed E-state index contributed by atoms with van der Waals surface area (Å²) in [6.07, 6.45) is 8.29. The van der Waals surface area contributed by atoms with E-state index >= 15 is 0 Å². The minimum atomic E-state index is -0.0406. The highest BCUT2D eigenvalue weighted by Crippen LogP contribution is 2.29. The molecule has 1 aliphatic heterocycles. The third-order valence-corrected chi connectivity index (χ3v) is 2.66. The van der Waals surface area contributed by atoms with Crippen LogP contribution < -0.4 is 5.32 Å². The highest BCUT2D eigenvalue weighted by molar-refractivity contribution is 4.99. The van der Waals surface area contributed by atoms with Gasteiger partial charge in [0.15, 0.2) is 0 Å². The minimum absolute atomic E-state index is 0.0406. The van der Waals surface area contributed by atoms with E-state index in [4.69, 9.17) is 11.2 Å². The van der Waals surface area contributed by atoms with Gasteiger partial charge < -0.3 is 10.1 Å². The summed E-state index contributed by atoms with van der Waals surface area (Å²) in [7, 11) is 1.94. The Balaban J connectivity index is 2.57.